The number of phenols is 2. The minimum absolute atomic E-state index is 0.119. The van der Waals surface area contributed by atoms with E-state index in [0.29, 0.717) is 6.54 Å². The number of likely N-dealkylation sites (tertiary alicyclic amines) is 1. The number of carboxylic acid groups (broad SMARTS) is 1. The molecule has 0 amide bonds. The Balaban J connectivity index is 2.04. The van der Waals surface area contributed by atoms with Crippen LogP contribution in [0.1, 0.15) is 32.3 Å². The fourth-order valence-corrected chi connectivity index (χ4v) is 2.89. The Morgan fingerprint density at radius 2 is 2.05 bits per heavy atom. The highest BCUT2D eigenvalue weighted by atomic mass is 16.4. The molecule has 3 N–H and O–H groups in total. The zero-order valence-electron chi connectivity index (χ0n) is 12.5. The van der Waals surface area contributed by atoms with Gasteiger partial charge in [0, 0.05) is 13.1 Å². The van der Waals surface area contributed by atoms with Crippen molar-refractivity contribution in [2.45, 2.75) is 33.2 Å². The second-order valence-electron chi connectivity index (χ2n) is 6.42. The smallest absolute Gasteiger partial charge is 0.309 e. The van der Waals surface area contributed by atoms with E-state index >= 15 is 0 Å². The Bertz CT molecular complexity index is 527. The number of rotatable bonds is 4. The zero-order chi connectivity index (χ0) is 15.6. The molecule has 5 nitrogen and oxygen atoms in total. The molecule has 5 heteroatoms. The van der Waals surface area contributed by atoms with Crippen molar-refractivity contribution in [1.29, 1.82) is 0 Å². The van der Waals surface area contributed by atoms with Crippen LogP contribution in [-0.2, 0) is 11.3 Å². The number of benzene rings is 1. The van der Waals surface area contributed by atoms with Gasteiger partial charge in [0.2, 0.25) is 0 Å². The lowest BCUT2D eigenvalue weighted by molar-refractivity contribution is -0.151. The Labute approximate surface area is 124 Å². The normalized spacial score (nSPS) is 20.4. The lowest BCUT2D eigenvalue weighted by Crippen LogP contribution is -2.44. The number of carboxylic acids is 1. The molecule has 0 spiro atoms. The Morgan fingerprint density at radius 1 is 1.33 bits per heavy atom. The van der Waals surface area contributed by atoms with Gasteiger partial charge in [-0.3, -0.25) is 9.69 Å². The van der Waals surface area contributed by atoms with Crippen molar-refractivity contribution < 1.29 is 20.1 Å². The highest BCUT2D eigenvalue weighted by Crippen LogP contribution is 2.35. The molecule has 2 rings (SSSR count). The summed E-state index contributed by atoms with van der Waals surface area (Å²) >= 11 is 0. The second-order valence-corrected chi connectivity index (χ2v) is 6.42. The fourth-order valence-electron chi connectivity index (χ4n) is 2.89. The van der Waals surface area contributed by atoms with E-state index < -0.39 is 11.4 Å². The minimum atomic E-state index is -0.753. The molecule has 1 atom stereocenters. The van der Waals surface area contributed by atoms with Gasteiger partial charge in [-0.1, -0.05) is 6.07 Å². The number of aromatic hydroxyl groups is 2. The van der Waals surface area contributed by atoms with Crippen LogP contribution in [0.25, 0.3) is 0 Å². The fraction of sp³-hybridized carbons (Fsp3) is 0.562. The molecule has 0 saturated carbocycles. The van der Waals surface area contributed by atoms with Gasteiger partial charge in [0.25, 0.3) is 0 Å². The number of hydrogen-bond acceptors (Lipinski definition) is 4. The maximum absolute atomic E-state index is 11.4. The molecule has 1 unspecified atom stereocenters. The summed E-state index contributed by atoms with van der Waals surface area (Å²) in [6, 6.07) is 4.82. The van der Waals surface area contributed by atoms with Crippen LogP contribution in [-0.4, -0.2) is 39.3 Å². The third kappa shape index (κ3) is 3.47. The summed E-state index contributed by atoms with van der Waals surface area (Å²) in [4.78, 5) is 13.6. The van der Waals surface area contributed by atoms with E-state index in [1.807, 2.05) is 0 Å². The Morgan fingerprint density at radius 3 is 2.67 bits per heavy atom. The van der Waals surface area contributed by atoms with Crippen molar-refractivity contribution in [3.05, 3.63) is 23.8 Å². The summed E-state index contributed by atoms with van der Waals surface area (Å²) in [7, 11) is 0. The highest BCUT2D eigenvalue weighted by molar-refractivity contribution is 5.74. The Kier molecular flexibility index (Phi) is 4.42. The first-order chi connectivity index (χ1) is 9.80. The average molecular weight is 293 g/mol. The summed E-state index contributed by atoms with van der Waals surface area (Å²) in [5.41, 5.74) is 0.189. The Hall–Kier alpha value is -1.75. The molecule has 1 heterocycles. The molecule has 1 saturated heterocycles. The lowest BCUT2D eigenvalue weighted by Gasteiger charge is -2.39. The summed E-state index contributed by atoms with van der Waals surface area (Å²) in [5, 5.41) is 28.2. The van der Waals surface area contributed by atoms with Crippen LogP contribution in [0.3, 0.4) is 0 Å². The van der Waals surface area contributed by atoms with E-state index in [0.717, 1.165) is 31.5 Å². The second kappa shape index (κ2) is 5.93. The first-order valence-electron chi connectivity index (χ1n) is 7.27. The largest absolute Gasteiger partial charge is 0.504 e. The summed E-state index contributed by atoms with van der Waals surface area (Å²) in [6.45, 7) is 5.89. The molecule has 1 aliphatic heterocycles. The SMILES string of the molecule is CC(C)(C(=O)O)C1CCCN(Cc2ccc(O)c(O)c2)C1. The van der Waals surface area contributed by atoms with E-state index in [1.165, 1.54) is 6.07 Å². The van der Waals surface area contributed by atoms with Crippen LogP contribution >= 0.6 is 0 Å². The van der Waals surface area contributed by atoms with E-state index in [1.54, 1.807) is 26.0 Å². The van der Waals surface area contributed by atoms with Crippen LogP contribution in [0, 0.1) is 11.3 Å². The van der Waals surface area contributed by atoms with Gasteiger partial charge < -0.3 is 15.3 Å². The van der Waals surface area contributed by atoms with Gasteiger partial charge in [0.15, 0.2) is 11.5 Å². The molecule has 0 aliphatic carbocycles. The molecule has 1 aromatic rings. The number of phenolic OH excluding ortho intramolecular Hbond substituents is 2. The molecule has 116 valence electrons. The third-order valence-corrected chi connectivity index (χ3v) is 4.52. The molecular weight excluding hydrogens is 270 g/mol. The van der Waals surface area contributed by atoms with E-state index in [4.69, 9.17) is 0 Å². The molecule has 1 aliphatic rings. The van der Waals surface area contributed by atoms with Crippen LogP contribution in [0.5, 0.6) is 11.5 Å². The van der Waals surface area contributed by atoms with Gasteiger partial charge in [-0.05, 0) is 56.8 Å². The summed E-state index contributed by atoms with van der Waals surface area (Å²) < 4.78 is 0. The number of piperidine rings is 1. The van der Waals surface area contributed by atoms with Crippen LogP contribution in [0.2, 0.25) is 0 Å². The van der Waals surface area contributed by atoms with E-state index in [2.05, 4.69) is 4.90 Å². The molecule has 1 fully saturated rings. The van der Waals surface area contributed by atoms with Crippen LogP contribution in [0.4, 0.5) is 0 Å². The molecule has 21 heavy (non-hydrogen) atoms. The summed E-state index contributed by atoms with van der Waals surface area (Å²) in [5.74, 6) is -0.875. The molecule has 1 aromatic carbocycles. The van der Waals surface area contributed by atoms with Gasteiger partial charge in [0.1, 0.15) is 0 Å². The van der Waals surface area contributed by atoms with Crippen molar-refractivity contribution in [3.8, 4) is 11.5 Å². The van der Waals surface area contributed by atoms with Crippen molar-refractivity contribution in [1.82, 2.24) is 4.90 Å². The molecule has 0 bridgehead atoms. The monoisotopic (exact) mass is 293 g/mol. The quantitative estimate of drug-likeness (QED) is 0.743. The average Bonchev–Trinajstić information content (AvgIpc) is 2.43. The van der Waals surface area contributed by atoms with Gasteiger partial charge in [-0.15, -0.1) is 0 Å². The summed E-state index contributed by atoms with van der Waals surface area (Å²) in [6.07, 6.45) is 1.90. The van der Waals surface area contributed by atoms with Crippen molar-refractivity contribution in [3.63, 3.8) is 0 Å². The predicted molar refractivity (Wildman–Crippen MR) is 79.2 cm³/mol. The minimum Gasteiger partial charge on any atom is -0.504 e. The topological polar surface area (TPSA) is 81.0 Å². The van der Waals surface area contributed by atoms with Crippen molar-refractivity contribution in [2.75, 3.05) is 13.1 Å². The molecule has 0 radical (unpaired) electrons. The van der Waals surface area contributed by atoms with Crippen molar-refractivity contribution >= 4 is 5.97 Å². The maximum atomic E-state index is 11.4. The van der Waals surface area contributed by atoms with Gasteiger partial charge in [-0.25, -0.2) is 0 Å². The van der Waals surface area contributed by atoms with Crippen LogP contribution < -0.4 is 0 Å². The van der Waals surface area contributed by atoms with Gasteiger partial charge in [-0.2, -0.15) is 0 Å². The third-order valence-electron chi connectivity index (χ3n) is 4.52. The van der Waals surface area contributed by atoms with Crippen molar-refractivity contribution in [2.24, 2.45) is 11.3 Å². The van der Waals surface area contributed by atoms with Gasteiger partial charge in [0.05, 0.1) is 5.41 Å². The number of hydrogen-bond donors (Lipinski definition) is 3. The molecule has 0 aromatic heterocycles. The number of carbonyl (C=O) groups is 1. The number of aliphatic carboxylic acids is 1. The standard InChI is InChI=1S/C16H23NO4/c1-16(2,15(20)21)12-4-3-7-17(10-12)9-11-5-6-13(18)14(19)8-11/h5-6,8,12,18-19H,3-4,7,9-10H2,1-2H3,(H,20,21). The zero-order valence-corrected chi connectivity index (χ0v) is 12.5. The van der Waals surface area contributed by atoms with Crippen LogP contribution in [0.15, 0.2) is 18.2 Å². The van der Waals surface area contributed by atoms with E-state index in [9.17, 15) is 20.1 Å². The first-order valence-corrected chi connectivity index (χ1v) is 7.27. The predicted octanol–water partition coefficient (Wildman–Crippen LogP) is 2.42. The van der Waals surface area contributed by atoms with E-state index in [-0.39, 0.29) is 17.4 Å². The lowest BCUT2D eigenvalue weighted by atomic mass is 9.74. The maximum Gasteiger partial charge on any atom is 0.309 e. The first kappa shape index (κ1) is 15.6. The number of nitrogens with zero attached hydrogens (tertiary/aromatic N) is 1. The molecular formula is C16H23NO4. The highest BCUT2D eigenvalue weighted by Gasteiger charge is 2.38. The van der Waals surface area contributed by atoms with Gasteiger partial charge >= 0.3 is 5.97 Å².